The van der Waals surface area contributed by atoms with Gasteiger partial charge in [-0.25, -0.2) is 0 Å². The lowest BCUT2D eigenvalue weighted by molar-refractivity contribution is 0.210. The van der Waals surface area contributed by atoms with Crippen LogP contribution in [0, 0.1) is 20.8 Å². The van der Waals surface area contributed by atoms with Crippen LogP contribution in [0.5, 0.6) is 5.75 Å². The molecule has 0 aliphatic heterocycles. The smallest absolute Gasteiger partial charge is 0.191 e. The van der Waals surface area contributed by atoms with Crippen LogP contribution in [0.25, 0.3) is 0 Å². The van der Waals surface area contributed by atoms with E-state index < -0.39 is 0 Å². The Labute approximate surface area is 171 Å². The first-order valence-corrected chi connectivity index (χ1v) is 10.4. The van der Waals surface area contributed by atoms with Crippen molar-refractivity contribution in [3.8, 4) is 5.75 Å². The van der Waals surface area contributed by atoms with Gasteiger partial charge in [0.05, 0.1) is 0 Å². The maximum atomic E-state index is 6.15. The van der Waals surface area contributed by atoms with Gasteiger partial charge in [-0.1, -0.05) is 53.7 Å². The molecule has 0 spiro atoms. The zero-order chi connectivity index (χ0) is 20.1. The van der Waals surface area contributed by atoms with E-state index in [-0.39, 0.29) is 6.10 Å². The van der Waals surface area contributed by atoms with E-state index in [9.17, 15) is 0 Å². The van der Waals surface area contributed by atoms with E-state index in [1.807, 2.05) is 19.1 Å². The van der Waals surface area contributed by atoms with Crippen LogP contribution in [0.2, 0.25) is 0 Å². The lowest BCUT2D eigenvalue weighted by Gasteiger charge is -2.16. The Bertz CT molecular complexity index is 947. The number of thioether (sulfide) groups is 1. The van der Waals surface area contributed by atoms with Crippen molar-refractivity contribution in [2.75, 3.05) is 0 Å². The lowest BCUT2D eigenvalue weighted by atomic mass is 10.1. The first-order valence-electron chi connectivity index (χ1n) is 9.44. The molecule has 1 heterocycles. The fourth-order valence-corrected chi connectivity index (χ4v) is 3.80. The highest BCUT2D eigenvalue weighted by molar-refractivity contribution is 7.98. The van der Waals surface area contributed by atoms with Gasteiger partial charge in [0, 0.05) is 12.3 Å². The number of ether oxygens (including phenoxy) is 1. The number of benzene rings is 2. The molecule has 0 radical (unpaired) electrons. The summed E-state index contributed by atoms with van der Waals surface area (Å²) in [6, 6.07) is 14.7. The minimum absolute atomic E-state index is 0.205. The largest absolute Gasteiger partial charge is 0.483 e. The third kappa shape index (κ3) is 4.84. The van der Waals surface area contributed by atoms with Crippen LogP contribution in [-0.4, -0.2) is 14.8 Å². The van der Waals surface area contributed by atoms with Gasteiger partial charge in [-0.3, -0.25) is 4.57 Å². The first-order chi connectivity index (χ1) is 13.5. The highest BCUT2D eigenvalue weighted by Crippen LogP contribution is 2.27. The SMILES string of the molecule is C=CCn1c(SCc2ccc(C)cc2)nnc1C(C)Oc1ccc(C)c(C)c1. The van der Waals surface area contributed by atoms with Gasteiger partial charge in [-0.2, -0.15) is 0 Å². The van der Waals surface area contributed by atoms with Gasteiger partial charge in [0.1, 0.15) is 5.75 Å². The molecule has 28 heavy (non-hydrogen) atoms. The van der Waals surface area contributed by atoms with Crippen LogP contribution < -0.4 is 4.74 Å². The van der Waals surface area contributed by atoms with Crippen molar-refractivity contribution in [1.29, 1.82) is 0 Å². The van der Waals surface area contributed by atoms with Crippen LogP contribution >= 0.6 is 11.8 Å². The van der Waals surface area contributed by atoms with Crippen molar-refractivity contribution in [1.82, 2.24) is 14.8 Å². The van der Waals surface area contributed by atoms with Crippen molar-refractivity contribution in [3.05, 3.63) is 83.2 Å². The highest BCUT2D eigenvalue weighted by Gasteiger charge is 2.19. The van der Waals surface area contributed by atoms with Crippen LogP contribution in [0.4, 0.5) is 0 Å². The van der Waals surface area contributed by atoms with Gasteiger partial charge in [0.15, 0.2) is 17.1 Å². The minimum atomic E-state index is -0.205. The zero-order valence-corrected chi connectivity index (χ0v) is 17.8. The number of aromatic nitrogens is 3. The zero-order valence-electron chi connectivity index (χ0n) is 17.0. The standard InChI is InChI=1S/C23H27N3OS/c1-6-13-26-22(19(5)27-21-12-9-17(3)18(4)14-21)24-25-23(26)28-15-20-10-7-16(2)8-11-20/h6-12,14,19H,1,13,15H2,2-5H3. The van der Waals surface area contributed by atoms with Crippen LogP contribution in [0.1, 0.15) is 41.1 Å². The van der Waals surface area contributed by atoms with Crippen molar-refractivity contribution < 1.29 is 4.74 Å². The molecule has 0 bridgehead atoms. The van der Waals surface area contributed by atoms with E-state index in [1.165, 1.54) is 22.3 Å². The molecule has 1 atom stereocenters. The third-order valence-electron chi connectivity index (χ3n) is 4.70. The second-order valence-corrected chi connectivity index (χ2v) is 7.96. The number of rotatable bonds is 8. The number of allylic oxidation sites excluding steroid dienone is 1. The Hall–Kier alpha value is -2.53. The van der Waals surface area contributed by atoms with Crippen LogP contribution in [0.3, 0.4) is 0 Å². The van der Waals surface area contributed by atoms with E-state index in [0.29, 0.717) is 6.54 Å². The van der Waals surface area contributed by atoms with Crippen molar-refractivity contribution in [2.45, 2.75) is 51.3 Å². The molecule has 0 saturated heterocycles. The van der Waals surface area contributed by atoms with E-state index in [1.54, 1.807) is 11.8 Å². The molecular formula is C23H27N3OS. The molecule has 1 unspecified atom stereocenters. The third-order valence-corrected chi connectivity index (χ3v) is 5.74. The molecule has 3 aromatic rings. The molecule has 2 aromatic carbocycles. The Morgan fingerprint density at radius 2 is 1.82 bits per heavy atom. The van der Waals surface area contributed by atoms with Crippen molar-refractivity contribution in [2.24, 2.45) is 0 Å². The molecule has 0 N–H and O–H groups in total. The molecule has 0 saturated carbocycles. The monoisotopic (exact) mass is 393 g/mol. The highest BCUT2D eigenvalue weighted by atomic mass is 32.2. The quantitative estimate of drug-likeness (QED) is 0.357. The molecule has 1 aromatic heterocycles. The van der Waals surface area contributed by atoms with Crippen LogP contribution in [-0.2, 0) is 12.3 Å². The molecular weight excluding hydrogens is 366 g/mol. The molecule has 5 heteroatoms. The summed E-state index contributed by atoms with van der Waals surface area (Å²) in [5.74, 6) is 2.50. The molecule has 4 nitrogen and oxygen atoms in total. The summed E-state index contributed by atoms with van der Waals surface area (Å²) in [6.07, 6.45) is 1.66. The number of hydrogen-bond acceptors (Lipinski definition) is 4. The second kappa shape index (κ2) is 9.11. The molecule has 146 valence electrons. The molecule has 0 amide bonds. The molecule has 3 rings (SSSR count). The first kappa shape index (κ1) is 20.2. The average molecular weight is 394 g/mol. The predicted octanol–water partition coefficient (Wildman–Crippen LogP) is 5.82. The van der Waals surface area contributed by atoms with Gasteiger partial charge in [-0.15, -0.1) is 16.8 Å². The average Bonchev–Trinajstić information content (AvgIpc) is 3.07. The maximum Gasteiger partial charge on any atom is 0.191 e. The second-order valence-electron chi connectivity index (χ2n) is 7.02. The normalized spacial score (nSPS) is 12.0. The summed E-state index contributed by atoms with van der Waals surface area (Å²) in [5.41, 5.74) is 5.00. The topological polar surface area (TPSA) is 39.9 Å². The fourth-order valence-electron chi connectivity index (χ4n) is 2.88. The Balaban J connectivity index is 1.75. The minimum Gasteiger partial charge on any atom is -0.483 e. The fraction of sp³-hybridized carbons (Fsp3) is 0.304. The van der Waals surface area contributed by atoms with E-state index in [4.69, 9.17) is 4.74 Å². The van der Waals surface area contributed by atoms with E-state index in [0.717, 1.165) is 22.5 Å². The maximum absolute atomic E-state index is 6.15. The number of aryl methyl sites for hydroxylation is 3. The van der Waals surface area contributed by atoms with Gasteiger partial charge < -0.3 is 4.74 Å². The number of nitrogens with zero attached hydrogens (tertiary/aromatic N) is 3. The Morgan fingerprint density at radius 1 is 1.07 bits per heavy atom. The summed E-state index contributed by atoms with van der Waals surface area (Å²) in [7, 11) is 0. The molecule has 0 fully saturated rings. The van der Waals surface area contributed by atoms with Gasteiger partial charge in [-0.05, 0) is 56.5 Å². The lowest BCUT2D eigenvalue weighted by Crippen LogP contribution is -2.12. The van der Waals surface area contributed by atoms with Crippen molar-refractivity contribution >= 4 is 11.8 Å². The Morgan fingerprint density at radius 3 is 2.50 bits per heavy atom. The van der Waals surface area contributed by atoms with Crippen molar-refractivity contribution in [3.63, 3.8) is 0 Å². The molecule has 0 aliphatic carbocycles. The summed E-state index contributed by atoms with van der Waals surface area (Å²) in [5, 5.41) is 9.71. The predicted molar refractivity (Wildman–Crippen MR) is 116 cm³/mol. The van der Waals surface area contributed by atoms with Crippen LogP contribution in [0.15, 0.2) is 60.3 Å². The van der Waals surface area contributed by atoms with E-state index in [2.05, 4.69) is 78.5 Å². The summed E-state index contributed by atoms with van der Waals surface area (Å²) in [4.78, 5) is 0. The van der Waals surface area contributed by atoms with Gasteiger partial charge >= 0.3 is 0 Å². The summed E-state index contributed by atoms with van der Waals surface area (Å²) in [6.45, 7) is 12.8. The van der Waals surface area contributed by atoms with E-state index >= 15 is 0 Å². The summed E-state index contributed by atoms with van der Waals surface area (Å²) >= 11 is 1.68. The molecule has 0 aliphatic rings. The van der Waals surface area contributed by atoms with Gasteiger partial charge in [0.2, 0.25) is 0 Å². The Kier molecular flexibility index (Phi) is 6.57. The number of hydrogen-bond donors (Lipinski definition) is 0. The van der Waals surface area contributed by atoms with Gasteiger partial charge in [0.25, 0.3) is 0 Å². The summed E-state index contributed by atoms with van der Waals surface area (Å²) < 4.78 is 8.23.